The van der Waals surface area contributed by atoms with Crippen LogP contribution in [0.25, 0.3) is 16.5 Å². The van der Waals surface area contributed by atoms with Crippen molar-refractivity contribution >= 4 is 34.0 Å². The number of aromatic amines is 1. The molecule has 1 atom stereocenters. The number of aromatic nitrogens is 2. The summed E-state index contributed by atoms with van der Waals surface area (Å²) >= 11 is 6.38. The Labute approximate surface area is 221 Å². The summed E-state index contributed by atoms with van der Waals surface area (Å²) in [5.41, 5.74) is 12.9. The van der Waals surface area contributed by atoms with Crippen molar-refractivity contribution in [3.8, 4) is 0 Å². The molecule has 0 aliphatic rings. The normalized spacial score (nSPS) is 12.7. The molecule has 0 saturated heterocycles. The fourth-order valence-corrected chi connectivity index (χ4v) is 4.44. The van der Waals surface area contributed by atoms with E-state index in [4.69, 9.17) is 23.1 Å². The first kappa shape index (κ1) is 26.6. The molecular formula is C28H24ClF2N5O2. The molecule has 10 heteroatoms. The number of carbonyl (C=O) groups is 1. The topological polar surface area (TPSA) is 127 Å². The molecule has 0 saturated carbocycles. The van der Waals surface area contributed by atoms with Gasteiger partial charge in [-0.2, -0.15) is 0 Å². The molecule has 0 aliphatic heterocycles. The quantitative estimate of drug-likeness (QED) is 0.259. The van der Waals surface area contributed by atoms with Gasteiger partial charge in [0.1, 0.15) is 23.0 Å². The number of rotatable bonds is 7. The average molecular weight is 536 g/mol. The molecule has 1 heterocycles. The Hall–Kier alpha value is -4.50. The van der Waals surface area contributed by atoms with Crippen LogP contribution in [0.1, 0.15) is 38.8 Å². The van der Waals surface area contributed by atoms with E-state index in [1.54, 1.807) is 31.2 Å². The summed E-state index contributed by atoms with van der Waals surface area (Å²) in [6.45, 7) is 1.59. The lowest BCUT2D eigenvalue weighted by atomic mass is 9.97. The fraction of sp³-hybridized carbons (Fsp3) is 0.107. The highest BCUT2D eigenvalue weighted by atomic mass is 35.5. The first-order valence-electron chi connectivity index (χ1n) is 11.6. The molecule has 0 spiro atoms. The van der Waals surface area contributed by atoms with Gasteiger partial charge in [-0.25, -0.2) is 13.8 Å². The number of amides is 1. The lowest BCUT2D eigenvalue weighted by molar-refractivity contribution is 0.0952. The molecule has 0 radical (unpaired) electrons. The summed E-state index contributed by atoms with van der Waals surface area (Å²) < 4.78 is 28.7. The zero-order valence-electron chi connectivity index (χ0n) is 20.3. The van der Waals surface area contributed by atoms with Gasteiger partial charge in [-0.05, 0) is 71.8 Å². The van der Waals surface area contributed by atoms with E-state index in [-0.39, 0.29) is 33.9 Å². The Bertz CT molecular complexity index is 1650. The minimum Gasteiger partial charge on any atom is -0.405 e. The number of fused-ring (bicyclic) bond motifs is 1. The number of hydrogen-bond donors (Lipinski definition) is 4. The van der Waals surface area contributed by atoms with Crippen molar-refractivity contribution in [3.63, 3.8) is 0 Å². The van der Waals surface area contributed by atoms with Gasteiger partial charge >= 0.3 is 0 Å². The largest absolute Gasteiger partial charge is 0.405 e. The van der Waals surface area contributed by atoms with Crippen LogP contribution in [0.2, 0.25) is 5.02 Å². The van der Waals surface area contributed by atoms with Crippen LogP contribution in [0.4, 0.5) is 8.78 Å². The number of aryl methyl sites for hydroxylation is 1. The number of H-pyrrole nitrogens is 1. The minimum atomic E-state index is -0.800. The van der Waals surface area contributed by atoms with Crippen LogP contribution < -0.4 is 22.3 Å². The molecule has 1 aromatic heterocycles. The first-order valence-corrected chi connectivity index (χ1v) is 11.9. The minimum absolute atomic E-state index is 0.0747. The third-order valence-corrected chi connectivity index (χ3v) is 6.40. The van der Waals surface area contributed by atoms with Gasteiger partial charge in [0.25, 0.3) is 11.5 Å². The molecule has 3 aromatic carbocycles. The molecule has 1 unspecified atom stereocenters. The van der Waals surface area contributed by atoms with Crippen molar-refractivity contribution in [2.75, 3.05) is 6.54 Å². The van der Waals surface area contributed by atoms with Crippen molar-refractivity contribution in [1.82, 2.24) is 15.3 Å². The molecule has 0 fully saturated rings. The van der Waals surface area contributed by atoms with Crippen LogP contribution in [-0.2, 0) is 0 Å². The Kier molecular flexibility index (Phi) is 7.87. The average Bonchev–Trinajstić information content (AvgIpc) is 2.89. The summed E-state index contributed by atoms with van der Waals surface area (Å²) in [6.07, 6.45) is 4.29. The zero-order valence-corrected chi connectivity index (χ0v) is 21.0. The van der Waals surface area contributed by atoms with Crippen LogP contribution in [0, 0.1) is 18.6 Å². The Morgan fingerprint density at radius 3 is 2.63 bits per heavy atom. The van der Waals surface area contributed by atoms with Crippen LogP contribution in [0.5, 0.6) is 0 Å². The first-order chi connectivity index (χ1) is 18.2. The number of nitrogens with one attached hydrogen (secondary N) is 2. The molecule has 0 aliphatic carbocycles. The molecule has 194 valence electrons. The van der Waals surface area contributed by atoms with Crippen molar-refractivity contribution in [1.29, 1.82) is 0 Å². The monoisotopic (exact) mass is 535 g/mol. The highest BCUT2D eigenvalue weighted by Gasteiger charge is 2.22. The highest BCUT2D eigenvalue weighted by molar-refractivity contribution is 6.34. The van der Waals surface area contributed by atoms with Gasteiger partial charge in [0.2, 0.25) is 0 Å². The van der Waals surface area contributed by atoms with Crippen molar-refractivity contribution in [2.45, 2.75) is 12.8 Å². The summed E-state index contributed by atoms with van der Waals surface area (Å²) in [6, 6.07) is 13.2. The maximum atomic E-state index is 14.6. The van der Waals surface area contributed by atoms with Crippen LogP contribution >= 0.6 is 11.6 Å². The second kappa shape index (κ2) is 11.3. The van der Waals surface area contributed by atoms with E-state index < -0.39 is 29.0 Å². The van der Waals surface area contributed by atoms with Crippen LogP contribution in [0.3, 0.4) is 0 Å². The summed E-state index contributed by atoms with van der Waals surface area (Å²) in [5, 5.41) is 3.05. The number of halogens is 3. The lowest BCUT2D eigenvalue weighted by Crippen LogP contribution is -2.31. The number of nitrogens with two attached hydrogens (primary N) is 2. The predicted molar refractivity (Wildman–Crippen MR) is 145 cm³/mol. The van der Waals surface area contributed by atoms with E-state index in [0.717, 1.165) is 0 Å². The van der Waals surface area contributed by atoms with Crippen LogP contribution in [0.15, 0.2) is 77.9 Å². The molecule has 6 N–H and O–H groups in total. The molecule has 4 aromatic rings. The van der Waals surface area contributed by atoms with Gasteiger partial charge in [0.15, 0.2) is 0 Å². The van der Waals surface area contributed by atoms with E-state index in [9.17, 15) is 18.4 Å². The number of benzene rings is 3. The van der Waals surface area contributed by atoms with Gasteiger partial charge in [-0.3, -0.25) is 9.59 Å². The fourth-order valence-electron chi connectivity index (χ4n) is 4.17. The molecule has 1 amide bonds. The van der Waals surface area contributed by atoms with E-state index in [1.165, 1.54) is 48.8 Å². The van der Waals surface area contributed by atoms with Gasteiger partial charge in [0.05, 0.1) is 21.9 Å². The van der Waals surface area contributed by atoms with Gasteiger partial charge in [-0.1, -0.05) is 35.9 Å². The Balaban J connectivity index is 1.69. The van der Waals surface area contributed by atoms with Crippen molar-refractivity contribution in [2.24, 2.45) is 11.5 Å². The lowest BCUT2D eigenvalue weighted by Gasteiger charge is -2.19. The van der Waals surface area contributed by atoms with Crippen molar-refractivity contribution < 1.29 is 13.6 Å². The maximum Gasteiger partial charge on any atom is 0.259 e. The second-order valence-electron chi connectivity index (χ2n) is 8.53. The number of allylic oxidation sites excluding steroid dienone is 2. The summed E-state index contributed by atoms with van der Waals surface area (Å²) in [5.74, 6) is -2.42. The number of carbonyl (C=O) groups excluding carboxylic acids is 1. The van der Waals surface area contributed by atoms with E-state index >= 15 is 0 Å². The van der Waals surface area contributed by atoms with E-state index in [1.807, 2.05) is 0 Å². The smallest absolute Gasteiger partial charge is 0.259 e. The van der Waals surface area contributed by atoms with E-state index in [0.29, 0.717) is 22.3 Å². The van der Waals surface area contributed by atoms with Gasteiger partial charge in [0, 0.05) is 12.7 Å². The Morgan fingerprint density at radius 2 is 1.95 bits per heavy atom. The number of nitrogens with zero attached hydrogens (tertiary/aromatic N) is 1. The second-order valence-corrected chi connectivity index (χ2v) is 8.94. The molecular weight excluding hydrogens is 512 g/mol. The summed E-state index contributed by atoms with van der Waals surface area (Å²) in [7, 11) is 0. The molecule has 4 rings (SSSR count). The molecule has 38 heavy (non-hydrogen) atoms. The standard InChI is InChI=1S/C28H24ClF2N5O2/c1-15-5-8-23(31)25-24(15)28(38)36-26(35-25)21(17-3-2-4-19(30)11-17)14-34-27(37)20-7-6-16(12-22(20)29)18(13-33)9-10-32/h2-13,21H,14,32-33H2,1H3,(H,34,37)(H,35,36,38)/b10-9-,18-13+. The number of hydrogen-bond acceptors (Lipinski definition) is 5. The van der Waals surface area contributed by atoms with Crippen LogP contribution in [-0.4, -0.2) is 22.4 Å². The van der Waals surface area contributed by atoms with E-state index in [2.05, 4.69) is 15.3 Å². The highest BCUT2D eigenvalue weighted by Crippen LogP contribution is 2.26. The van der Waals surface area contributed by atoms with Gasteiger partial charge < -0.3 is 21.8 Å². The maximum absolute atomic E-state index is 14.6. The molecule has 7 nitrogen and oxygen atoms in total. The molecule has 0 bridgehead atoms. The third-order valence-electron chi connectivity index (χ3n) is 6.09. The predicted octanol–water partition coefficient (Wildman–Crippen LogP) is 4.50. The summed E-state index contributed by atoms with van der Waals surface area (Å²) in [4.78, 5) is 33.0. The van der Waals surface area contributed by atoms with Crippen molar-refractivity contribution in [3.05, 3.63) is 128 Å². The SMILES string of the molecule is Cc1ccc(F)c2nc(C(CNC(=O)c3ccc(C(/C=C\N)=C/N)cc3Cl)c3cccc(F)c3)[nH]c(=O)c12. The third kappa shape index (κ3) is 5.42. The zero-order chi connectivity index (χ0) is 27.4. The van der Waals surface area contributed by atoms with Gasteiger partial charge in [-0.15, -0.1) is 0 Å². The Morgan fingerprint density at radius 1 is 1.16 bits per heavy atom.